The van der Waals surface area contributed by atoms with E-state index in [-0.39, 0.29) is 5.82 Å². The third kappa shape index (κ3) is 3.70. The average molecular weight is 251 g/mol. The molecule has 0 aliphatic heterocycles. The van der Waals surface area contributed by atoms with Gasteiger partial charge in [0, 0.05) is 12.1 Å². The Morgan fingerprint density at radius 3 is 2.89 bits per heavy atom. The van der Waals surface area contributed by atoms with Gasteiger partial charge >= 0.3 is 0 Å². The van der Waals surface area contributed by atoms with Gasteiger partial charge in [0.15, 0.2) is 0 Å². The number of halogens is 1. The second-order valence-electron chi connectivity index (χ2n) is 5.12. The Morgan fingerprint density at radius 1 is 1.44 bits per heavy atom. The highest BCUT2D eigenvalue weighted by Crippen LogP contribution is 2.33. The number of benzene rings is 1. The van der Waals surface area contributed by atoms with Crippen molar-refractivity contribution in [2.24, 2.45) is 5.92 Å². The molecule has 0 amide bonds. The third-order valence-electron chi connectivity index (χ3n) is 3.42. The first-order valence-electron chi connectivity index (χ1n) is 6.83. The summed E-state index contributed by atoms with van der Waals surface area (Å²) < 4.78 is 18.9. The fourth-order valence-corrected chi connectivity index (χ4v) is 2.10. The zero-order valence-corrected chi connectivity index (χ0v) is 11.2. The minimum Gasteiger partial charge on any atom is -0.492 e. The Morgan fingerprint density at radius 2 is 2.22 bits per heavy atom. The number of hydrogen-bond acceptors (Lipinski definition) is 2. The Balaban J connectivity index is 1.89. The molecule has 1 aliphatic carbocycles. The van der Waals surface area contributed by atoms with Crippen molar-refractivity contribution in [1.29, 1.82) is 0 Å². The van der Waals surface area contributed by atoms with Gasteiger partial charge in [0.25, 0.3) is 0 Å². The smallest absolute Gasteiger partial charge is 0.126 e. The summed E-state index contributed by atoms with van der Waals surface area (Å²) in [5, 5.41) is 3.52. The summed E-state index contributed by atoms with van der Waals surface area (Å²) in [4.78, 5) is 0. The van der Waals surface area contributed by atoms with Crippen LogP contribution in [0.15, 0.2) is 18.2 Å². The summed E-state index contributed by atoms with van der Waals surface area (Å²) in [5.74, 6) is 1.17. The molecule has 1 atom stereocenters. The zero-order valence-electron chi connectivity index (χ0n) is 11.2. The molecule has 1 unspecified atom stereocenters. The van der Waals surface area contributed by atoms with Crippen LogP contribution in [0.5, 0.6) is 5.75 Å². The van der Waals surface area contributed by atoms with Gasteiger partial charge in [-0.25, -0.2) is 4.39 Å². The van der Waals surface area contributed by atoms with E-state index in [2.05, 4.69) is 12.2 Å². The first kappa shape index (κ1) is 13.3. The maximum absolute atomic E-state index is 13.1. The van der Waals surface area contributed by atoms with Crippen LogP contribution in [-0.4, -0.2) is 19.2 Å². The highest BCUT2D eigenvalue weighted by molar-refractivity contribution is 5.32. The van der Waals surface area contributed by atoms with Crippen LogP contribution < -0.4 is 10.1 Å². The SMILES string of the molecule is CCCNC(COc1cc(F)ccc1C)C1CC1. The fourth-order valence-electron chi connectivity index (χ4n) is 2.10. The molecule has 1 fully saturated rings. The van der Waals surface area contributed by atoms with E-state index in [9.17, 15) is 4.39 Å². The van der Waals surface area contributed by atoms with Crippen molar-refractivity contribution in [2.75, 3.05) is 13.2 Å². The Hall–Kier alpha value is -1.09. The van der Waals surface area contributed by atoms with E-state index in [0.717, 1.165) is 24.4 Å². The second kappa shape index (κ2) is 6.19. The lowest BCUT2D eigenvalue weighted by molar-refractivity contribution is 0.247. The summed E-state index contributed by atoms with van der Waals surface area (Å²) in [6, 6.07) is 5.11. The third-order valence-corrected chi connectivity index (χ3v) is 3.42. The number of aryl methyl sites for hydroxylation is 1. The van der Waals surface area contributed by atoms with Gasteiger partial charge in [-0.15, -0.1) is 0 Å². The van der Waals surface area contributed by atoms with E-state index in [0.29, 0.717) is 18.4 Å². The monoisotopic (exact) mass is 251 g/mol. The molecule has 3 heteroatoms. The van der Waals surface area contributed by atoms with Crippen LogP contribution in [-0.2, 0) is 0 Å². The maximum Gasteiger partial charge on any atom is 0.126 e. The van der Waals surface area contributed by atoms with E-state index in [1.54, 1.807) is 6.07 Å². The van der Waals surface area contributed by atoms with Crippen molar-refractivity contribution in [3.05, 3.63) is 29.6 Å². The number of nitrogens with one attached hydrogen (secondary N) is 1. The molecule has 0 radical (unpaired) electrons. The van der Waals surface area contributed by atoms with Crippen LogP contribution in [0, 0.1) is 18.7 Å². The molecule has 1 aromatic carbocycles. The Labute approximate surface area is 109 Å². The minimum absolute atomic E-state index is 0.236. The summed E-state index contributed by atoms with van der Waals surface area (Å²) in [7, 11) is 0. The Bertz CT molecular complexity index is 390. The van der Waals surface area contributed by atoms with Gasteiger partial charge in [0.05, 0.1) is 0 Å². The first-order chi connectivity index (χ1) is 8.70. The van der Waals surface area contributed by atoms with Crippen LogP contribution in [0.25, 0.3) is 0 Å². The average Bonchev–Trinajstić information content (AvgIpc) is 3.17. The summed E-state index contributed by atoms with van der Waals surface area (Å²) in [6.45, 7) is 5.76. The van der Waals surface area contributed by atoms with Gasteiger partial charge in [-0.1, -0.05) is 13.0 Å². The standard InChI is InChI=1S/C15H22FNO/c1-3-8-17-14(12-5-6-12)10-18-15-9-13(16)7-4-11(15)2/h4,7,9,12,14,17H,3,5-6,8,10H2,1-2H3. The lowest BCUT2D eigenvalue weighted by Gasteiger charge is -2.19. The summed E-state index contributed by atoms with van der Waals surface area (Å²) in [6.07, 6.45) is 3.70. The molecule has 1 N–H and O–H groups in total. The highest BCUT2D eigenvalue weighted by Gasteiger charge is 2.31. The molecule has 2 rings (SSSR count). The van der Waals surface area contributed by atoms with E-state index >= 15 is 0 Å². The van der Waals surface area contributed by atoms with Crippen LogP contribution in [0.1, 0.15) is 31.7 Å². The predicted molar refractivity (Wildman–Crippen MR) is 71.4 cm³/mol. The molecule has 0 spiro atoms. The van der Waals surface area contributed by atoms with Gasteiger partial charge < -0.3 is 10.1 Å². The fraction of sp³-hybridized carbons (Fsp3) is 0.600. The van der Waals surface area contributed by atoms with Crippen molar-refractivity contribution in [3.63, 3.8) is 0 Å². The van der Waals surface area contributed by atoms with Gasteiger partial charge in [0.2, 0.25) is 0 Å². The van der Waals surface area contributed by atoms with Crippen LogP contribution in [0.4, 0.5) is 4.39 Å². The number of hydrogen-bond donors (Lipinski definition) is 1. The van der Waals surface area contributed by atoms with Crippen molar-refractivity contribution < 1.29 is 9.13 Å². The lowest BCUT2D eigenvalue weighted by atomic mass is 10.2. The molecule has 1 saturated carbocycles. The molecule has 0 heterocycles. The molecule has 2 nitrogen and oxygen atoms in total. The molecular weight excluding hydrogens is 229 g/mol. The van der Waals surface area contributed by atoms with Crippen LogP contribution in [0.2, 0.25) is 0 Å². The van der Waals surface area contributed by atoms with Gasteiger partial charge in [-0.05, 0) is 50.3 Å². The Kier molecular flexibility index (Phi) is 4.59. The summed E-state index contributed by atoms with van der Waals surface area (Å²) in [5.41, 5.74) is 0.987. The molecule has 1 aromatic rings. The molecule has 1 aliphatic rings. The van der Waals surface area contributed by atoms with Crippen LogP contribution >= 0.6 is 0 Å². The van der Waals surface area contributed by atoms with Crippen molar-refractivity contribution >= 4 is 0 Å². The van der Waals surface area contributed by atoms with Crippen molar-refractivity contribution in [2.45, 2.75) is 39.2 Å². The van der Waals surface area contributed by atoms with Crippen LogP contribution in [0.3, 0.4) is 0 Å². The first-order valence-corrected chi connectivity index (χ1v) is 6.83. The minimum atomic E-state index is -0.236. The highest BCUT2D eigenvalue weighted by atomic mass is 19.1. The van der Waals surface area contributed by atoms with Gasteiger partial charge in [-0.2, -0.15) is 0 Å². The van der Waals surface area contributed by atoms with E-state index in [1.807, 2.05) is 6.92 Å². The summed E-state index contributed by atoms with van der Waals surface area (Å²) >= 11 is 0. The van der Waals surface area contributed by atoms with E-state index in [4.69, 9.17) is 4.74 Å². The quantitative estimate of drug-likeness (QED) is 0.803. The molecule has 18 heavy (non-hydrogen) atoms. The maximum atomic E-state index is 13.1. The molecular formula is C15H22FNO. The van der Waals surface area contributed by atoms with Crippen molar-refractivity contribution in [3.8, 4) is 5.75 Å². The predicted octanol–water partition coefficient (Wildman–Crippen LogP) is 3.29. The topological polar surface area (TPSA) is 21.3 Å². The second-order valence-corrected chi connectivity index (χ2v) is 5.12. The molecule has 0 bridgehead atoms. The normalized spacial score (nSPS) is 16.6. The van der Waals surface area contributed by atoms with E-state index < -0.39 is 0 Å². The zero-order chi connectivity index (χ0) is 13.0. The van der Waals surface area contributed by atoms with Crippen molar-refractivity contribution in [1.82, 2.24) is 5.32 Å². The molecule has 100 valence electrons. The number of rotatable bonds is 7. The van der Waals surface area contributed by atoms with E-state index in [1.165, 1.54) is 25.0 Å². The van der Waals surface area contributed by atoms with Gasteiger partial charge in [-0.3, -0.25) is 0 Å². The lowest BCUT2D eigenvalue weighted by Crippen LogP contribution is -2.37. The molecule has 0 aromatic heterocycles. The number of ether oxygens (including phenoxy) is 1. The van der Waals surface area contributed by atoms with Gasteiger partial charge in [0.1, 0.15) is 18.2 Å². The largest absolute Gasteiger partial charge is 0.492 e. The molecule has 0 saturated heterocycles.